The van der Waals surface area contributed by atoms with E-state index in [1.54, 1.807) is 6.92 Å². The standard InChI is InChI=1S/C27H39F5O8S/c1-13(4-7-21(36)40-23(26(28,29)30)27(31,32)41(37,38)39)16-5-6-17-22-18(12-20(35)25(16,17)3)24(2)9-8-15(33)10-14(24)11-19(22)34/h13-14,16-20,22-23,34-35H,4-12H2,1-3H3,(H,37,38,39)/t13-,14+,16-,17+,18+,19?,20?,22+,23?,24+,25-/m1/s1. The van der Waals surface area contributed by atoms with E-state index in [2.05, 4.69) is 11.7 Å². The summed E-state index contributed by atoms with van der Waals surface area (Å²) in [6, 6.07) is 0. The first kappa shape index (κ1) is 32.5. The molecule has 0 aromatic rings. The van der Waals surface area contributed by atoms with Crippen LogP contribution in [0.5, 0.6) is 0 Å². The molecule has 0 aromatic carbocycles. The summed E-state index contributed by atoms with van der Waals surface area (Å²) in [4.78, 5) is 24.4. The van der Waals surface area contributed by atoms with Gasteiger partial charge in [-0.2, -0.15) is 30.4 Å². The van der Waals surface area contributed by atoms with Gasteiger partial charge < -0.3 is 14.9 Å². The van der Waals surface area contributed by atoms with E-state index in [1.165, 1.54) is 0 Å². The highest BCUT2D eigenvalue weighted by Crippen LogP contribution is 2.68. The van der Waals surface area contributed by atoms with E-state index in [1.807, 2.05) is 6.92 Å². The lowest BCUT2D eigenvalue weighted by atomic mass is 9.43. The SMILES string of the molecule is C[C@H](CCC(=O)OC(C(F)(F)F)C(F)(F)S(=O)(=O)O)[C@H]1CC[C@H]2[C@@H]3C(O)C[C@@H]4CC(=O)CC[C@]4(C)[C@H]3CC(O)[C@]12C. The topological polar surface area (TPSA) is 138 Å². The van der Waals surface area contributed by atoms with Gasteiger partial charge in [0.15, 0.2) is 0 Å². The molecule has 3 unspecified atom stereocenters. The number of aliphatic hydroxyl groups is 2. The number of ketones is 1. The number of Topliss-reactive ketones (excluding diaryl/α,β-unsaturated/α-hetero) is 1. The fraction of sp³-hybridized carbons (Fsp3) is 0.926. The maximum Gasteiger partial charge on any atom is 0.432 e. The van der Waals surface area contributed by atoms with E-state index in [-0.39, 0.29) is 53.1 Å². The second kappa shape index (κ2) is 10.7. The van der Waals surface area contributed by atoms with Gasteiger partial charge >= 0.3 is 27.5 Å². The Morgan fingerprint density at radius 1 is 1.10 bits per heavy atom. The summed E-state index contributed by atoms with van der Waals surface area (Å²) < 4.78 is 101. The van der Waals surface area contributed by atoms with Crippen molar-refractivity contribution >= 4 is 21.9 Å². The lowest BCUT2D eigenvalue weighted by Crippen LogP contribution is -2.62. The van der Waals surface area contributed by atoms with Crippen LogP contribution in [-0.2, 0) is 24.4 Å². The fourth-order valence-electron chi connectivity index (χ4n) is 9.14. The summed E-state index contributed by atoms with van der Waals surface area (Å²) in [5, 5.41) is 17.1. The van der Waals surface area contributed by atoms with E-state index in [0.717, 1.165) is 0 Å². The molecule has 11 atom stereocenters. The second-order valence-corrected chi connectivity index (χ2v) is 14.8. The van der Waals surface area contributed by atoms with Crippen molar-refractivity contribution < 1.29 is 59.5 Å². The summed E-state index contributed by atoms with van der Waals surface area (Å²) >= 11 is 0. The van der Waals surface area contributed by atoms with Crippen LogP contribution in [0.3, 0.4) is 0 Å². The molecular weight excluding hydrogens is 579 g/mol. The van der Waals surface area contributed by atoms with E-state index in [0.29, 0.717) is 44.9 Å². The normalized spacial score (nSPS) is 41.1. The minimum atomic E-state index is -6.53. The Bertz CT molecular complexity index is 1150. The molecule has 0 saturated heterocycles. The first-order valence-electron chi connectivity index (χ1n) is 14.1. The summed E-state index contributed by atoms with van der Waals surface area (Å²) in [5.41, 5.74) is -0.863. The third kappa shape index (κ3) is 5.43. The van der Waals surface area contributed by atoms with Crippen molar-refractivity contribution in [3.05, 3.63) is 0 Å². The molecule has 0 radical (unpaired) electrons. The van der Waals surface area contributed by atoms with Crippen LogP contribution >= 0.6 is 0 Å². The molecule has 0 spiro atoms. The minimum Gasteiger partial charge on any atom is -0.445 e. The molecule has 0 heterocycles. The number of alkyl halides is 5. The van der Waals surface area contributed by atoms with Gasteiger partial charge in [-0.15, -0.1) is 0 Å². The molecule has 4 aliphatic rings. The largest absolute Gasteiger partial charge is 0.445 e. The Morgan fingerprint density at radius 2 is 1.73 bits per heavy atom. The molecule has 0 aromatic heterocycles. The van der Waals surface area contributed by atoms with Gasteiger partial charge in [0.2, 0.25) is 0 Å². The summed E-state index contributed by atoms with van der Waals surface area (Å²) in [5.74, 6) is -2.15. The van der Waals surface area contributed by atoms with Gasteiger partial charge in [-0.3, -0.25) is 14.1 Å². The molecule has 14 heteroatoms. The first-order valence-corrected chi connectivity index (χ1v) is 15.6. The molecule has 0 aliphatic heterocycles. The average molecular weight is 619 g/mol. The van der Waals surface area contributed by atoms with Crippen molar-refractivity contribution in [3.8, 4) is 0 Å². The van der Waals surface area contributed by atoms with Gasteiger partial charge in [-0.1, -0.05) is 20.8 Å². The summed E-state index contributed by atoms with van der Waals surface area (Å²) in [6.07, 6.45) is -8.68. The maximum atomic E-state index is 13.8. The number of aliphatic hydroxyl groups excluding tert-OH is 2. The second-order valence-electron chi connectivity index (χ2n) is 13.3. The van der Waals surface area contributed by atoms with E-state index < -0.39 is 57.7 Å². The molecule has 8 nitrogen and oxygen atoms in total. The summed E-state index contributed by atoms with van der Waals surface area (Å²) in [7, 11) is -6.53. The number of carbonyl (C=O) groups is 2. The minimum absolute atomic E-state index is 0.0187. The molecule has 4 saturated carbocycles. The molecule has 4 fully saturated rings. The highest BCUT2D eigenvalue weighted by atomic mass is 32.2. The Kier molecular flexibility index (Phi) is 8.45. The predicted octanol–water partition coefficient (Wildman–Crippen LogP) is 4.53. The van der Waals surface area contributed by atoms with E-state index >= 15 is 0 Å². The Morgan fingerprint density at radius 3 is 2.32 bits per heavy atom. The summed E-state index contributed by atoms with van der Waals surface area (Å²) in [6.45, 7) is 5.84. The van der Waals surface area contributed by atoms with Crippen LogP contribution in [-0.4, -0.2) is 64.7 Å². The predicted molar refractivity (Wildman–Crippen MR) is 134 cm³/mol. The Hall–Kier alpha value is -1.38. The number of fused-ring (bicyclic) bond motifs is 5. The molecule has 0 bridgehead atoms. The van der Waals surface area contributed by atoms with Crippen molar-refractivity contribution in [1.29, 1.82) is 0 Å². The molecule has 4 rings (SSSR count). The number of hydrogen-bond acceptors (Lipinski definition) is 7. The van der Waals surface area contributed by atoms with Crippen molar-refractivity contribution in [2.45, 2.75) is 108 Å². The van der Waals surface area contributed by atoms with Crippen LogP contribution in [0.25, 0.3) is 0 Å². The first-order chi connectivity index (χ1) is 18.7. The highest BCUT2D eigenvalue weighted by Gasteiger charge is 2.67. The average Bonchev–Trinajstić information content (AvgIpc) is 3.19. The van der Waals surface area contributed by atoms with Crippen molar-refractivity contribution in [2.75, 3.05) is 0 Å². The molecule has 3 N–H and O–H groups in total. The number of esters is 1. The monoisotopic (exact) mass is 618 g/mol. The van der Waals surface area contributed by atoms with Gasteiger partial charge in [0.05, 0.1) is 12.2 Å². The third-order valence-electron chi connectivity index (χ3n) is 11.4. The van der Waals surface area contributed by atoms with Gasteiger partial charge in [0.25, 0.3) is 6.10 Å². The van der Waals surface area contributed by atoms with Crippen LogP contribution in [0.2, 0.25) is 0 Å². The number of rotatable bonds is 7. The zero-order valence-corrected chi connectivity index (χ0v) is 24.1. The van der Waals surface area contributed by atoms with Crippen LogP contribution in [0.1, 0.15) is 78.6 Å². The van der Waals surface area contributed by atoms with E-state index in [4.69, 9.17) is 4.55 Å². The molecule has 4 aliphatic carbocycles. The Labute approximate surface area is 236 Å². The number of carbonyl (C=O) groups excluding carboxylic acids is 2. The van der Waals surface area contributed by atoms with Crippen LogP contribution < -0.4 is 0 Å². The lowest BCUT2D eigenvalue weighted by molar-refractivity contribution is -0.259. The van der Waals surface area contributed by atoms with Gasteiger partial charge in [0, 0.05) is 19.3 Å². The Balaban J connectivity index is 1.47. The number of hydrogen-bond donors (Lipinski definition) is 3. The third-order valence-corrected chi connectivity index (χ3v) is 12.3. The van der Waals surface area contributed by atoms with Crippen LogP contribution in [0, 0.1) is 46.3 Å². The fourth-order valence-corrected chi connectivity index (χ4v) is 9.60. The number of ether oxygens (including phenoxy) is 1. The van der Waals surface area contributed by atoms with Gasteiger partial charge in [-0.25, -0.2) is 0 Å². The van der Waals surface area contributed by atoms with Crippen LogP contribution in [0.4, 0.5) is 22.0 Å². The molecule has 41 heavy (non-hydrogen) atoms. The van der Waals surface area contributed by atoms with Crippen molar-refractivity contribution in [1.82, 2.24) is 0 Å². The quantitative estimate of drug-likeness (QED) is 0.215. The number of halogens is 5. The van der Waals surface area contributed by atoms with Gasteiger partial charge in [0.1, 0.15) is 5.78 Å². The van der Waals surface area contributed by atoms with Gasteiger partial charge in [-0.05, 0) is 84.9 Å². The zero-order chi connectivity index (χ0) is 30.9. The molecule has 236 valence electrons. The van der Waals surface area contributed by atoms with Crippen LogP contribution in [0.15, 0.2) is 0 Å². The molecular formula is C27H39F5O8S. The van der Waals surface area contributed by atoms with E-state index in [9.17, 15) is 50.2 Å². The lowest BCUT2D eigenvalue weighted by Gasteiger charge is -2.63. The highest BCUT2D eigenvalue weighted by molar-refractivity contribution is 7.86. The zero-order valence-electron chi connectivity index (χ0n) is 23.2. The maximum absolute atomic E-state index is 13.8. The van der Waals surface area contributed by atoms with Crippen molar-refractivity contribution in [3.63, 3.8) is 0 Å². The van der Waals surface area contributed by atoms with Crippen molar-refractivity contribution in [2.24, 2.45) is 46.3 Å². The smallest absolute Gasteiger partial charge is 0.432 e. The molecule has 0 amide bonds.